The van der Waals surface area contributed by atoms with Gasteiger partial charge in [-0.1, -0.05) is 45.4 Å². The van der Waals surface area contributed by atoms with Gasteiger partial charge >= 0.3 is 0 Å². The van der Waals surface area contributed by atoms with Crippen molar-refractivity contribution in [3.63, 3.8) is 0 Å². The van der Waals surface area contributed by atoms with Gasteiger partial charge in [0, 0.05) is 0 Å². The second-order valence-corrected chi connectivity index (χ2v) is 5.56. The van der Waals surface area contributed by atoms with Crippen LogP contribution in [0.3, 0.4) is 0 Å². The van der Waals surface area contributed by atoms with Gasteiger partial charge in [-0.2, -0.15) is 0 Å². The summed E-state index contributed by atoms with van der Waals surface area (Å²) in [5, 5.41) is 19.2. The quantitative estimate of drug-likeness (QED) is 0.562. The summed E-state index contributed by atoms with van der Waals surface area (Å²) in [6.45, 7) is 5.81. The number of hydrogen-bond acceptors (Lipinski definition) is 2. The first-order valence-corrected chi connectivity index (χ1v) is 6.86. The summed E-state index contributed by atoms with van der Waals surface area (Å²) in [7, 11) is 0. The van der Waals surface area contributed by atoms with E-state index in [9.17, 15) is 10.2 Å². The van der Waals surface area contributed by atoms with E-state index in [0.717, 1.165) is 19.3 Å². The predicted molar refractivity (Wildman–Crippen MR) is 69.5 cm³/mol. The monoisotopic (exact) mass is 230 g/mol. The van der Waals surface area contributed by atoms with Crippen molar-refractivity contribution in [2.24, 2.45) is 0 Å². The van der Waals surface area contributed by atoms with E-state index in [1.54, 1.807) is 13.8 Å². The van der Waals surface area contributed by atoms with Crippen LogP contribution in [0.25, 0.3) is 0 Å². The Bertz CT molecular complexity index is 149. The molecule has 1 atom stereocenters. The number of unbranched alkanes of at least 4 members (excludes halogenated alkanes) is 5. The molecule has 0 aliphatic carbocycles. The minimum absolute atomic E-state index is 0.224. The maximum Gasteiger partial charge on any atom is 0.0592 e. The summed E-state index contributed by atoms with van der Waals surface area (Å²) in [5.41, 5.74) is -0.637. The molecule has 0 aromatic rings. The van der Waals surface area contributed by atoms with E-state index in [0.29, 0.717) is 6.42 Å². The van der Waals surface area contributed by atoms with E-state index in [-0.39, 0.29) is 6.10 Å². The number of hydrogen-bond donors (Lipinski definition) is 2. The predicted octanol–water partition coefficient (Wildman–Crippen LogP) is 3.65. The highest BCUT2D eigenvalue weighted by Gasteiger charge is 2.14. The number of rotatable bonds is 10. The number of aliphatic hydroxyl groups is 2. The van der Waals surface area contributed by atoms with Gasteiger partial charge in [0.2, 0.25) is 0 Å². The topological polar surface area (TPSA) is 40.5 Å². The van der Waals surface area contributed by atoms with Gasteiger partial charge < -0.3 is 10.2 Å². The fraction of sp³-hybridized carbons (Fsp3) is 1.00. The van der Waals surface area contributed by atoms with E-state index in [4.69, 9.17) is 0 Å². The fourth-order valence-electron chi connectivity index (χ4n) is 1.82. The maximum atomic E-state index is 9.70. The van der Waals surface area contributed by atoms with Crippen LogP contribution in [-0.2, 0) is 0 Å². The molecule has 0 saturated heterocycles. The Morgan fingerprint density at radius 1 is 0.938 bits per heavy atom. The Kier molecular flexibility index (Phi) is 8.96. The van der Waals surface area contributed by atoms with Gasteiger partial charge in [-0.15, -0.1) is 0 Å². The Morgan fingerprint density at radius 3 is 2.06 bits per heavy atom. The van der Waals surface area contributed by atoms with Crippen LogP contribution in [0.15, 0.2) is 0 Å². The SMILES string of the molecule is CCCCCCCCC(O)CCC(C)(C)O. The average Bonchev–Trinajstić information content (AvgIpc) is 2.19. The standard InChI is InChI=1S/C14H30O2/c1-4-5-6-7-8-9-10-13(15)11-12-14(2,3)16/h13,15-16H,4-12H2,1-3H3. The summed E-state index contributed by atoms with van der Waals surface area (Å²) < 4.78 is 0. The van der Waals surface area contributed by atoms with Crippen molar-refractivity contribution in [1.82, 2.24) is 0 Å². The Morgan fingerprint density at radius 2 is 1.50 bits per heavy atom. The zero-order valence-corrected chi connectivity index (χ0v) is 11.3. The third-order valence-electron chi connectivity index (χ3n) is 2.98. The first kappa shape index (κ1) is 15.9. The van der Waals surface area contributed by atoms with E-state index in [1.165, 1.54) is 32.1 Å². The van der Waals surface area contributed by atoms with Crippen molar-refractivity contribution in [2.75, 3.05) is 0 Å². The Hall–Kier alpha value is -0.0800. The summed E-state index contributed by atoms with van der Waals surface area (Å²) in [5.74, 6) is 0. The molecule has 0 bridgehead atoms. The molecule has 0 aliphatic heterocycles. The second kappa shape index (κ2) is 9.00. The third kappa shape index (κ3) is 12.0. The van der Waals surface area contributed by atoms with Crippen LogP contribution in [0, 0.1) is 0 Å². The molecule has 0 saturated carbocycles. The molecule has 0 radical (unpaired) electrons. The molecule has 0 spiro atoms. The lowest BCUT2D eigenvalue weighted by molar-refractivity contribution is 0.0465. The van der Waals surface area contributed by atoms with Crippen LogP contribution in [-0.4, -0.2) is 21.9 Å². The fourth-order valence-corrected chi connectivity index (χ4v) is 1.82. The van der Waals surface area contributed by atoms with E-state index in [1.807, 2.05) is 0 Å². The van der Waals surface area contributed by atoms with Crippen LogP contribution in [0.4, 0.5) is 0 Å². The molecule has 16 heavy (non-hydrogen) atoms. The molecule has 2 heteroatoms. The van der Waals surface area contributed by atoms with Crippen LogP contribution < -0.4 is 0 Å². The zero-order chi connectivity index (χ0) is 12.4. The highest BCUT2D eigenvalue weighted by molar-refractivity contribution is 4.68. The van der Waals surface area contributed by atoms with E-state index >= 15 is 0 Å². The van der Waals surface area contributed by atoms with Crippen LogP contribution >= 0.6 is 0 Å². The highest BCUT2D eigenvalue weighted by Crippen LogP contribution is 2.16. The van der Waals surface area contributed by atoms with Gasteiger partial charge in [0.05, 0.1) is 11.7 Å². The molecule has 2 nitrogen and oxygen atoms in total. The van der Waals surface area contributed by atoms with Gasteiger partial charge in [-0.3, -0.25) is 0 Å². The molecular formula is C14H30O2. The lowest BCUT2D eigenvalue weighted by atomic mass is 9.97. The van der Waals surface area contributed by atoms with Crippen molar-refractivity contribution in [3.8, 4) is 0 Å². The van der Waals surface area contributed by atoms with Crippen LogP contribution in [0.2, 0.25) is 0 Å². The molecule has 98 valence electrons. The Balaban J connectivity index is 3.27. The normalized spacial score (nSPS) is 14.1. The number of aliphatic hydroxyl groups excluding tert-OH is 1. The van der Waals surface area contributed by atoms with Gasteiger partial charge in [0.25, 0.3) is 0 Å². The summed E-state index contributed by atoms with van der Waals surface area (Å²) in [6.07, 6.45) is 9.68. The van der Waals surface area contributed by atoms with Crippen molar-refractivity contribution >= 4 is 0 Å². The van der Waals surface area contributed by atoms with Gasteiger partial charge in [-0.25, -0.2) is 0 Å². The Labute approximate surface area is 101 Å². The first-order chi connectivity index (χ1) is 7.45. The minimum atomic E-state index is -0.637. The van der Waals surface area contributed by atoms with Crippen molar-refractivity contribution < 1.29 is 10.2 Å². The van der Waals surface area contributed by atoms with Gasteiger partial charge in [0.15, 0.2) is 0 Å². The third-order valence-corrected chi connectivity index (χ3v) is 2.98. The molecule has 0 heterocycles. The minimum Gasteiger partial charge on any atom is -0.393 e. The van der Waals surface area contributed by atoms with Gasteiger partial charge in [0.1, 0.15) is 0 Å². The highest BCUT2D eigenvalue weighted by atomic mass is 16.3. The van der Waals surface area contributed by atoms with Crippen molar-refractivity contribution in [3.05, 3.63) is 0 Å². The van der Waals surface area contributed by atoms with E-state index in [2.05, 4.69) is 6.92 Å². The molecule has 0 aliphatic rings. The summed E-state index contributed by atoms with van der Waals surface area (Å²) in [6, 6.07) is 0. The summed E-state index contributed by atoms with van der Waals surface area (Å²) in [4.78, 5) is 0. The molecule has 0 amide bonds. The molecule has 1 unspecified atom stereocenters. The van der Waals surface area contributed by atoms with Gasteiger partial charge in [-0.05, 0) is 33.1 Å². The second-order valence-electron chi connectivity index (χ2n) is 5.56. The molecule has 0 fully saturated rings. The first-order valence-electron chi connectivity index (χ1n) is 6.86. The van der Waals surface area contributed by atoms with Crippen molar-refractivity contribution in [1.29, 1.82) is 0 Å². The average molecular weight is 230 g/mol. The molecule has 0 rings (SSSR count). The maximum absolute atomic E-state index is 9.70. The molecule has 0 aromatic heterocycles. The smallest absolute Gasteiger partial charge is 0.0592 e. The molecular weight excluding hydrogens is 200 g/mol. The van der Waals surface area contributed by atoms with E-state index < -0.39 is 5.60 Å². The zero-order valence-electron chi connectivity index (χ0n) is 11.3. The van der Waals surface area contributed by atoms with Crippen molar-refractivity contribution in [2.45, 2.75) is 90.3 Å². The lowest BCUT2D eigenvalue weighted by Gasteiger charge is -2.19. The van der Waals surface area contributed by atoms with Crippen LogP contribution in [0.5, 0.6) is 0 Å². The van der Waals surface area contributed by atoms with Crippen LogP contribution in [0.1, 0.15) is 78.6 Å². The molecule has 0 aromatic carbocycles. The lowest BCUT2D eigenvalue weighted by Crippen LogP contribution is -2.21. The largest absolute Gasteiger partial charge is 0.393 e. The summed E-state index contributed by atoms with van der Waals surface area (Å²) >= 11 is 0. The molecule has 2 N–H and O–H groups in total.